The third-order valence-corrected chi connectivity index (χ3v) is 6.22. The number of hydrogen-bond donors (Lipinski definition) is 3. The SMILES string of the molecule is CCCCOc1nc(N)c2[nH]c(=O)n(CCN3CCN(Cc4cccc(CC(=O)O)c4)CC3)c2n1. The van der Waals surface area contributed by atoms with Crippen LogP contribution in [-0.4, -0.2) is 79.7 Å². The number of imidazole rings is 1. The Balaban J connectivity index is 1.33. The monoisotopic (exact) mass is 483 g/mol. The summed E-state index contributed by atoms with van der Waals surface area (Å²) in [5.74, 6) is -0.613. The molecule has 4 rings (SSSR count). The number of H-pyrrole nitrogens is 1. The number of anilines is 1. The fourth-order valence-corrected chi connectivity index (χ4v) is 4.29. The van der Waals surface area contributed by atoms with Gasteiger partial charge in [-0.2, -0.15) is 9.97 Å². The average molecular weight is 484 g/mol. The van der Waals surface area contributed by atoms with Gasteiger partial charge in [0.1, 0.15) is 5.52 Å². The van der Waals surface area contributed by atoms with Crippen molar-refractivity contribution in [2.75, 3.05) is 45.1 Å². The molecule has 1 aromatic carbocycles. The second-order valence-corrected chi connectivity index (χ2v) is 8.88. The lowest BCUT2D eigenvalue weighted by Crippen LogP contribution is -2.47. The molecular formula is C24H33N7O4. The van der Waals surface area contributed by atoms with Gasteiger partial charge in [0.25, 0.3) is 0 Å². The van der Waals surface area contributed by atoms with E-state index in [4.69, 9.17) is 15.6 Å². The molecule has 11 nitrogen and oxygen atoms in total. The molecule has 0 spiro atoms. The minimum Gasteiger partial charge on any atom is -0.481 e. The Labute approximate surface area is 203 Å². The van der Waals surface area contributed by atoms with Gasteiger partial charge < -0.3 is 20.6 Å². The van der Waals surface area contributed by atoms with Crippen molar-refractivity contribution in [3.05, 3.63) is 45.9 Å². The summed E-state index contributed by atoms with van der Waals surface area (Å²) in [5, 5.41) is 9.02. The number of aromatic amines is 1. The summed E-state index contributed by atoms with van der Waals surface area (Å²) in [7, 11) is 0. The van der Waals surface area contributed by atoms with Gasteiger partial charge in [-0.1, -0.05) is 37.6 Å². The number of aliphatic carboxylic acids is 1. The summed E-state index contributed by atoms with van der Waals surface area (Å²) in [6.45, 7) is 8.14. The summed E-state index contributed by atoms with van der Waals surface area (Å²) in [5.41, 5.74) is 8.62. The minimum absolute atomic E-state index is 0.0394. The van der Waals surface area contributed by atoms with Crippen molar-refractivity contribution in [1.82, 2.24) is 29.3 Å². The van der Waals surface area contributed by atoms with Crippen LogP contribution in [-0.2, 0) is 24.3 Å². The van der Waals surface area contributed by atoms with Crippen LogP contribution in [0.2, 0.25) is 0 Å². The Morgan fingerprint density at radius 3 is 2.63 bits per heavy atom. The first-order chi connectivity index (χ1) is 16.9. The maximum absolute atomic E-state index is 12.6. The molecule has 3 aromatic rings. The fourth-order valence-electron chi connectivity index (χ4n) is 4.29. The molecule has 0 saturated carbocycles. The van der Waals surface area contributed by atoms with E-state index in [2.05, 4.69) is 31.7 Å². The number of rotatable bonds is 11. The molecule has 0 bridgehead atoms. The maximum Gasteiger partial charge on any atom is 0.327 e. The standard InChI is InChI=1S/C24H33N7O4/c1-2-3-13-35-23-27-21(25)20-22(28-23)31(24(34)26-20)12-11-29-7-9-30(10-8-29)16-18-6-4-5-17(14-18)15-19(32)33/h4-6,14H,2-3,7-13,15-16H2,1H3,(H,26,34)(H,32,33)(H2,25,27,28). The van der Waals surface area contributed by atoms with Crippen molar-refractivity contribution in [3.63, 3.8) is 0 Å². The van der Waals surface area contributed by atoms with Gasteiger partial charge in [-0.25, -0.2) is 4.79 Å². The molecule has 1 aliphatic rings. The fraction of sp³-hybridized carbons (Fsp3) is 0.500. The molecule has 0 amide bonds. The van der Waals surface area contributed by atoms with Crippen molar-refractivity contribution in [2.45, 2.75) is 39.3 Å². The lowest BCUT2D eigenvalue weighted by atomic mass is 10.1. The van der Waals surface area contributed by atoms with Gasteiger partial charge in [-0.05, 0) is 17.5 Å². The predicted octanol–water partition coefficient (Wildman–Crippen LogP) is 1.33. The molecule has 2 aromatic heterocycles. The molecule has 11 heteroatoms. The largest absolute Gasteiger partial charge is 0.481 e. The number of hydrogen-bond acceptors (Lipinski definition) is 8. The Morgan fingerprint density at radius 2 is 1.89 bits per heavy atom. The summed E-state index contributed by atoms with van der Waals surface area (Å²) in [6, 6.07) is 7.96. The number of carbonyl (C=O) groups is 1. The van der Waals surface area contributed by atoms with E-state index < -0.39 is 5.97 Å². The average Bonchev–Trinajstić information content (AvgIpc) is 3.14. The van der Waals surface area contributed by atoms with Crippen molar-refractivity contribution >= 4 is 23.0 Å². The summed E-state index contributed by atoms with van der Waals surface area (Å²) >= 11 is 0. The molecular weight excluding hydrogens is 450 g/mol. The maximum atomic E-state index is 12.6. The molecule has 188 valence electrons. The Hall–Kier alpha value is -3.44. The molecule has 0 aliphatic carbocycles. The molecule has 35 heavy (non-hydrogen) atoms. The van der Waals surface area contributed by atoms with E-state index in [9.17, 15) is 9.59 Å². The molecule has 0 atom stereocenters. The topological polar surface area (TPSA) is 143 Å². The van der Waals surface area contributed by atoms with Gasteiger partial charge >= 0.3 is 17.7 Å². The molecule has 1 aliphatic heterocycles. The van der Waals surface area contributed by atoms with Gasteiger partial charge in [-0.3, -0.25) is 19.2 Å². The third kappa shape index (κ3) is 6.37. The molecule has 1 saturated heterocycles. The number of benzene rings is 1. The van der Waals surface area contributed by atoms with Crippen molar-refractivity contribution in [3.8, 4) is 6.01 Å². The van der Waals surface area contributed by atoms with E-state index >= 15 is 0 Å². The lowest BCUT2D eigenvalue weighted by molar-refractivity contribution is -0.136. The van der Waals surface area contributed by atoms with Crippen LogP contribution < -0.4 is 16.2 Å². The number of unbranched alkanes of at least 4 members (excludes halogenated alkanes) is 1. The highest BCUT2D eigenvalue weighted by molar-refractivity contribution is 5.81. The molecule has 0 radical (unpaired) electrons. The number of carboxylic acids is 1. The number of nitrogens with two attached hydrogens (primary N) is 1. The normalized spacial score (nSPS) is 15.0. The highest BCUT2D eigenvalue weighted by Gasteiger charge is 2.19. The zero-order chi connectivity index (χ0) is 24.8. The number of nitrogens with one attached hydrogen (secondary N) is 1. The number of nitrogen functional groups attached to an aromatic ring is 1. The molecule has 1 fully saturated rings. The van der Waals surface area contributed by atoms with E-state index in [1.807, 2.05) is 24.3 Å². The summed E-state index contributed by atoms with van der Waals surface area (Å²) < 4.78 is 7.20. The first-order valence-electron chi connectivity index (χ1n) is 12.1. The van der Waals surface area contributed by atoms with E-state index in [0.29, 0.717) is 30.9 Å². The van der Waals surface area contributed by atoms with Crippen LogP contribution >= 0.6 is 0 Å². The number of ether oxygens (including phenoxy) is 1. The highest BCUT2D eigenvalue weighted by Crippen LogP contribution is 2.18. The first-order valence-corrected chi connectivity index (χ1v) is 12.1. The highest BCUT2D eigenvalue weighted by atomic mass is 16.5. The number of carboxylic acid groups (broad SMARTS) is 1. The lowest BCUT2D eigenvalue weighted by Gasteiger charge is -2.34. The van der Waals surface area contributed by atoms with Crippen molar-refractivity contribution in [1.29, 1.82) is 0 Å². The van der Waals surface area contributed by atoms with Crippen LogP contribution in [0.1, 0.15) is 30.9 Å². The first kappa shape index (κ1) is 24.7. The van der Waals surface area contributed by atoms with E-state index in [1.54, 1.807) is 4.57 Å². The van der Waals surface area contributed by atoms with E-state index in [-0.39, 0.29) is 23.9 Å². The molecule has 3 heterocycles. The van der Waals surface area contributed by atoms with Crippen molar-refractivity contribution < 1.29 is 14.6 Å². The second-order valence-electron chi connectivity index (χ2n) is 8.88. The van der Waals surface area contributed by atoms with Crippen LogP contribution in [0.5, 0.6) is 6.01 Å². The van der Waals surface area contributed by atoms with Crippen LogP contribution in [0.4, 0.5) is 5.82 Å². The van der Waals surface area contributed by atoms with Gasteiger partial charge in [0.2, 0.25) is 0 Å². The van der Waals surface area contributed by atoms with Crippen LogP contribution in [0.15, 0.2) is 29.1 Å². The zero-order valence-corrected chi connectivity index (χ0v) is 20.1. The van der Waals surface area contributed by atoms with Gasteiger partial charge in [0.15, 0.2) is 11.5 Å². The smallest absolute Gasteiger partial charge is 0.327 e. The Morgan fingerprint density at radius 1 is 1.14 bits per heavy atom. The predicted molar refractivity (Wildman–Crippen MR) is 132 cm³/mol. The van der Waals surface area contributed by atoms with Gasteiger partial charge in [-0.15, -0.1) is 0 Å². The quantitative estimate of drug-likeness (QED) is 0.344. The van der Waals surface area contributed by atoms with Crippen LogP contribution in [0.25, 0.3) is 11.2 Å². The number of fused-ring (bicyclic) bond motifs is 1. The minimum atomic E-state index is -0.820. The third-order valence-electron chi connectivity index (χ3n) is 6.22. The van der Waals surface area contributed by atoms with Crippen LogP contribution in [0, 0.1) is 0 Å². The number of piperazine rings is 1. The summed E-state index contributed by atoms with van der Waals surface area (Å²) in [6.07, 6.45) is 1.93. The van der Waals surface area contributed by atoms with Gasteiger partial charge in [0.05, 0.1) is 13.0 Å². The summed E-state index contributed by atoms with van der Waals surface area (Å²) in [4.78, 5) is 39.6. The Bertz CT molecular complexity index is 1210. The second kappa shape index (κ2) is 11.3. The zero-order valence-electron chi connectivity index (χ0n) is 20.1. The van der Waals surface area contributed by atoms with Gasteiger partial charge in [0, 0.05) is 45.8 Å². The Kier molecular flexibility index (Phi) is 7.98. The van der Waals surface area contributed by atoms with E-state index in [0.717, 1.165) is 56.7 Å². The van der Waals surface area contributed by atoms with E-state index in [1.165, 1.54) is 0 Å². The molecule has 0 unspecified atom stereocenters. The number of nitrogens with zero attached hydrogens (tertiary/aromatic N) is 5. The van der Waals surface area contributed by atoms with Crippen LogP contribution in [0.3, 0.4) is 0 Å². The molecule has 4 N–H and O–H groups in total. The van der Waals surface area contributed by atoms with Crippen molar-refractivity contribution in [2.24, 2.45) is 0 Å². The number of aromatic nitrogens is 4.